The Bertz CT molecular complexity index is 1220. The van der Waals surface area contributed by atoms with Gasteiger partial charge in [0, 0.05) is 56.5 Å². The molecule has 5 aliphatic rings. The molecule has 0 radical (unpaired) electrons. The minimum Gasteiger partial charge on any atom is -0.371 e. The predicted molar refractivity (Wildman–Crippen MR) is 128 cm³/mol. The van der Waals surface area contributed by atoms with Gasteiger partial charge in [-0.25, -0.2) is 9.56 Å². The third-order valence-corrected chi connectivity index (χ3v) is 8.11. The van der Waals surface area contributed by atoms with E-state index in [1.54, 1.807) is 11.3 Å². The smallest absolute Gasteiger partial charge is 0.229 e. The molecule has 6 rings (SSSR count). The summed E-state index contributed by atoms with van der Waals surface area (Å²) in [7, 11) is 0. The number of rotatable bonds is 2. The first kappa shape index (κ1) is 19.1. The highest BCUT2D eigenvalue weighted by Crippen LogP contribution is 2.36. The zero-order chi connectivity index (χ0) is 20.8. The molecule has 0 unspecified atom stereocenters. The molecule has 4 aliphatic heterocycles. The highest BCUT2D eigenvalue weighted by atomic mass is 32.1. The first-order valence-electron chi connectivity index (χ1n) is 11.7. The highest BCUT2D eigenvalue weighted by molar-refractivity contribution is 7.21. The molecule has 1 aromatic carbocycles. The van der Waals surface area contributed by atoms with Crippen LogP contribution in [0.4, 0.5) is 11.4 Å². The van der Waals surface area contributed by atoms with Crippen LogP contribution in [0.3, 0.4) is 0 Å². The van der Waals surface area contributed by atoms with Crippen molar-refractivity contribution in [3.8, 4) is 16.6 Å². The van der Waals surface area contributed by atoms with E-state index in [2.05, 4.69) is 38.6 Å². The summed E-state index contributed by atoms with van der Waals surface area (Å²) in [5, 5.41) is 11.2. The van der Waals surface area contributed by atoms with Crippen molar-refractivity contribution in [1.82, 2.24) is 9.56 Å². The quantitative estimate of drug-likeness (QED) is 0.455. The molecule has 4 heterocycles. The van der Waals surface area contributed by atoms with Gasteiger partial charge in [-0.2, -0.15) is 5.26 Å². The molecule has 0 N–H and O–H groups in total. The first-order chi connectivity index (χ1) is 15.3. The summed E-state index contributed by atoms with van der Waals surface area (Å²) in [6.45, 7) is 6.66. The Morgan fingerprint density at radius 2 is 1.48 bits per heavy atom. The number of hydrogen-bond donors (Lipinski definition) is 0. The van der Waals surface area contributed by atoms with Crippen molar-refractivity contribution >= 4 is 32.9 Å². The summed E-state index contributed by atoms with van der Waals surface area (Å²) in [6, 6.07) is 11.4. The summed E-state index contributed by atoms with van der Waals surface area (Å²) < 4.78 is 3.62. The maximum Gasteiger partial charge on any atom is 0.229 e. The van der Waals surface area contributed by atoms with Gasteiger partial charge in [0.1, 0.15) is 19.2 Å². The summed E-state index contributed by atoms with van der Waals surface area (Å²) in [5.41, 5.74) is 5.13. The zero-order valence-corrected chi connectivity index (χ0v) is 18.8. The molecular weight excluding hydrogens is 402 g/mol. The number of benzene rings is 2. The fraction of sp³-hybridized carbons (Fsp3) is 0.480. The molecule has 0 saturated carbocycles. The Morgan fingerprint density at radius 3 is 2.13 bits per heavy atom. The molecule has 31 heavy (non-hydrogen) atoms. The molecule has 6 heteroatoms. The van der Waals surface area contributed by atoms with Gasteiger partial charge in [0.05, 0.1) is 20.7 Å². The van der Waals surface area contributed by atoms with Gasteiger partial charge in [-0.3, -0.25) is 0 Å². The number of hydrogen-bond acceptors (Lipinski definition) is 5. The molecule has 1 aromatic rings. The van der Waals surface area contributed by atoms with Crippen molar-refractivity contribution in [2.24, 2.45) is 0 Å². The minimum absolute atomic E-state index is 0.702. The lowest BCUT2D eigenvalue weighted by Gasteiger charge is -2.20. The predicted octanol–water partition coefficient (Wildman–Crippen LogP) is 4.04. The lowest BCUT2D eigenvalue weighted by atomic mass is 10.1. The van der Waals surface area contributed by atoms with E-state index < -0.39 is 0 Å². The van der Waals surface area contributed by atoms with Crippen LogP contribution < -0.4 is 19.7 Å². The van der Waals surface area contributed by atoms with Crippen LogP contribution in [0, 0.1) is 11.3 Å². The normalized spacial score (nSPS) is 19.1. The second kappa shape index (κ2) is 7.80. The molecule has 0 bridgehead atoms. The van der Waals surface area contributed by atoms with Gasteiger partial charge in [0.2, 0.25) is 5.36 Å². The molecule has 158 valence electrons. The van der Waals surface area contributed by atoms with Crippen molar-refractivity contribution in [2.75, 3.05) is 49.1 Å². The maximum atomic E-state index is 9.92. The average molecular weight is 431 g/mol. The van der Waals surface area contributed by atoms with Gasteiger partial charge < -0.3 is 9.80 Å². The first-order valence-corrected chi connectivity index (χ1v) is 12.5. The van der Waals surface area contributed by atoms with E-state index in [-0.39, 0.29) is 0 Å². The van der Waals surface area contributed by atoms with Crippen LogP contribution in [0.15, 0.2) is 24.3 Å². The second-order valence-electron chi connectivity index (χ2n) is 9.06. The van der Waals surface area contributed by atoms with Crippen LogP contribution in [0.25, 0.3) is 20.8 Å². The van der Waals surface area contributed by atoms with E-state index in [1.807, 2.05) is 6.07 Å². The third kappa shape index (κ3) is 3.36. The molecule has 0 aromatic heterocycles. The Morgan fingerprint density at radius 1 is 0.839 bits per heavy atom. The van der Waals surface area contributed by atoms with Gasteiger partial charge >= 0.3 is 0 Å². The highest BCUT2D eigenvalue weighted by Gasteiger charge is 2.24. The van der Waals surface area contributed by atoms with E-state index in [0.717, 1.165) is 55.2 Å². The molecule has 1 aliphatic carbocycles. The van der Waals surface area contributed by atoms with Gasteiger partial charge in [0.15, 0.2) is 5.69 Å². The van der Waals surface area contributed by atoms with E-state index in [4.69, 9.17) is 4.98 Å². The Balaban J connectivity index is 1.61. The van der Waals surface area contributed by atoms with Crippen LogP contribution in [0.5, 0.6) is 0 Å². The SMILES string of the molecule is N#Cc1cc(N2CCCC2)cc2sc3cc(N4CCCC4)cc(=[N+]4CCCC4)c-3nc12. The standard InChI is InChI=1S/C25H28N5S/c26-17-18-13-19(28-7-1-2-8-28)15-22-24(18)27-25-21(30-11-5-6-12-30)14-20(16-23(25)31-22)29-9-3-4-10-29/h13-16H,1-12H2/q+1. The Kier molecular flexibility index (Phi) is 4.80. The summed E-state index contributed by atoms with van der Waals surface area (Å²) in [5.74, 6) is 0. The number of fused-ring (bicyclic) bond motifs is 2. The van der Waals surface area contributed by atoms with Crippen molar-refractivity contribution < 1.29 is 0 Å². The Labute approximate surface area is 187 Å². The van der Waals surface area contributed by atoms with Crippen LogP contribution in [0.2, 0.25) is 0 Å². The van der Waals surface area contributed by atoms with Crippen LogP contribution in [0.1, 0.15) is 44.1 Å². The largest absolute Gasteiger partial charge is 0.371 e. The lowest BCUT2D eigenvalue weighted by molar-refractivity contribution is 0.693. The topological polar surface area (TPSA) is 46.2 Å². The molecule has 5 nitrogen and oxygen atoms in total. The maximum absolute atomic E-state index is 9.92. The van der Waals surface area contributed by atoms with Gasteiger partial charge in [-0.1, -0.05) is 0 Å². The second-order valence-corrected chi connectivity index (χ2v) is 10.1. The van der Waals surface area contributed by atoms with E-state index in [1.165, 1.54) is 60.1 Å². The Hall–Kier alpha value is -2.65. The summed E-state index contributed by atoms with van der Waals surface area (Å²) >= 11 is 1.81. The van der Waals surface area contributed by atoms with E-state index in [9.17, 15) is 5.26 Å². The molecule has 0 atom stereocenters. The molecule has 0 spiro atoms. The van der Waals surface area contributed by atoms with Gasteiger partial charge in [-0.15, -0.1) is 11.3 Å². The van der Waals surface area contributed by atoms with Crippen LogP contribution >= 0.6 is 11.3 Å². The zero-order valence-electron chi connectivity index (χ0n) is 17.9. The van der Waals surface area contributed by atoms with Crippen molar-refractivity contribution in [3.63, 3.8) is 0 Å². The molecule has 3 saturated heterocycles. The average Bonchev–Trinajstić information content (AvgIpc) is 3.59. The van der Waals surface area contributed by atoms with Crippen molar-refractivity contribution in [1.29, 1.82) is 5.26 Å². The number of aromatic nitrogens is 1. The summed E-state index contributed by atoms with van der Waals surface area (Å²) in [6.07, 6.45) is 7.52. The van der Waals surface area contributed by atoms with E-state index >= 15 is 0 Å². The molecule has 3 fully saturated rings. The van der Waals surface area contributed by atoms with Gasteiger partial charge in [-0.05, 0) is 43.9 Å². The fourth-order valence-electron chi connectivity index (χ4n) is 5.39. The lowest BCUT2D eigenvalue weighted by Crippen LogP contribution is -2.31. The van der Waals surface area contributed by atoms with Crippen molar-refractivity contribution in [3.05, 3.63) is 35.2 Å². The third-order valence-electron chi connectivity index (χ3n) is 7.05. The fourth-order valence-corrected chi connectivity index (χ4v) is 6.48. The monoisotopic (exact) mass is 430 g/mol. The van der Waals surface area contributed by atoms with Crippen LogP contribution in [-0.2, 0) is 0 Å². The molecule has 0 amide bonds. The molecular formula is C25H28N5S+. The van der Waals surface area contributed by atoms with Crippen LogP contribution in [-0.4, -0.2) is 44.3 Å². The summed E-state index contributed by atoms with van der Waals surface area (Å²) in [4.78, 5) is 11.3. The van der Waals surface area contributed by atoms with Gasteiger partial charge in [0.25, 0.3) is 0 Å². The van der Waals surface area contributed by atoms with E-state index in [0.29, 0.717) is 5.56 Å². The minimum atomic E-state index is 0.702. The number of nitriles is 1. The number of nitrogens with zero attached hydrogens (tertiary/aromatic N) is 5. The van der Waals surface area contributed by atoms with Crippen molar-refractivity contribution in [2.45, 2.75) is 38.5 Å². The number of anilines is 2.